The molecule has 7 nitrogen and oxygen atoms in total. The van der Waals surface area contributed by atoms with Crippen LogP contribution in [0.2, 0.25) is 0 Å². The van der Waals surface area contributed by atoms with Crippen LogP contribution in [0.1, 0.15) is 30.1 Å². The third-order valence-electron chi connectivity index (χ3n) is 4.80. The summed E-state index contributed by atoms with van der Waals surface area (Å²) >= 11 is 0. The van der Waals surface area contributed by atoms with Crippen molar-refractivity contribution in [3.8, 4) is 0 Å². The molecule has 3 rings (SSSR count). The number of nitrogens with zero attached hydrogens (tertiary/aromatic N) is 1. The first kappa shape index (κ1) is 18.5. The largest absolute Gasteiger partial charge is 0.341 e. The van der Waals surface area contributed by atoms with E-state index >= 15 is 0 Å². The monoisotopic (exact) mass is 382 g/mol. The van der Waals surface area contributed by atoms with Gasteiger partial charge in [0.2, 0.25) is 17.7 Å². The van der Waals surface area contributed by atoms with E-state index in [9.17, 15) is 27.2 Å². The molecule has 9 heteroatoms. The number of imide groups is 1. The molecule has 1 aromatic rings. The van der Waals surface area contributed by atoms with Gasteiger partial charge in [-0.15, -0.1) is 0 Å². The summed E-state index contributed by atoms with van der Waals surface area (Å²) in [5, 5.41) is 1.13. The van der Waals surface area contributed by atoms with Gasteiger partial charge < -0.3 is 4.90 Å². The lowest BCUT2D eigenvalue weighted by Crippen LogP contribution is -2.46. The molecule has 0 bridgehead atoms. The molecule has 2 heterocycles. The van der Waals surface area contributed by atoms with E-state index < -0.39 is 44.5 Å². The number of hydrogen-bond acceptors (Lipinski definition) is 5. The fraction of sp³-hybridized carbons (Fsp3) is 0.471. The van der Waals surface area contributed by atoms with E-state index in [1.54, 1.807) is 6.07 Å². The number of hydrogen-bond donors (Lipinski definition) is 1. The van der Waals surface area contributed by atoms with Gasteiger partial charge in [0.15, 0.2) is 9.84 Å². The maximum atomic E-state index is 14.1. The molecule has 1 N–H and O–H groups in total. The average Bonchev–Trinajstić information content (AvgIpc) is 2.72. The predicted molar refractivity (Wildman–Crippen MR) is 90.0 cm³/mol. The Morgan fingerprint density at radius 1 is 1.12 bits per heavy atom. The van der Waals surface area contributed by atoms with Gasteiger partial charge in [-0.25, -0.2) is 12.8 Å². The van der Waals surface area contributed by atoms with Crippen LogP contribution < -0.4 is 5.32 Å². The third-order valence-corrected chi connectivity index (χ3v) is 6.90. The zero-order chi connectivity index (χ0) is 18.9. The Kier molecular flexibility index (Phi) is 5.08. The number of piperidine rings is 1. The second kappa shape index (κ2) is 7.14. The molecule has 2 fully saturated rings. The van der Waals surface area contributed by atoms with Crippen molar-refractivity contribution in [3.63, 3.8) is 0 Å². The molecule has 26 heavy (non-hydrogen) atoms. The SMILES string of the molecule is O=C1CC(C(=O)N2CC[C@@H](c3ccccc3F)S(=O)(=O)CC2)CC(=O)N1. The summed E-state index contributed by atoms with van der Waals surface area (Å²) in [6.07, 6.45) is -0.114. The minimum Gasteiger partial charge on any atom is -0.341 e. The molecule has 0 spiro atoms. The normalized spacial score (nSPS) is 24.0. The van der Waals surface area contributed by atoms with Gasteiger partial charge >= 0.3 is 0 Å². The van der Waals surface area contributed by atoms with Gasteiger partial charge in [0.1, 0.15) is 5.82 Å². The van der Waals surface area contributed by atoms with Crippen molar-refractivity contribution in [1.82, 2.24) is 10.2 Å². The van der Waals surface area contributed by atoms with Crippen LogP contribution in [0, 0.1) is 11.7 Å². The zero-order valence-electron chi connectivity index (χ0n) is 14.0. The van der Waals surface area contributed by atoms with Crippen LogP contribution in [0.25, 0.3) is 0 Å². The van der Waals surface area contributed by atoms with Crippen molar-refractivity contribution in [1.29, 1.82) is 0 Å². The maximum absolute atomic E-state index is 14.1. The Labute approximate surface area is 150 Å². The highest BCUT2D eigenvalue weighted by molar-refractivity contribution is 7.91. The van der Waals surface area contributed by atoms with Crippen molar-refractivity contribution in [3.05, 3.63) is 35.6 Å². The highest BCUT2D eigenvalue weighted by Gasteiger charge is 2.37. The fourth-order valence-electron chi connectivity index (χ4n) is 3.46. The fourth-order valence-corrected chi connectivity index (χ4v) is 5.26. The Hall–Kier alpha value is -2.29. The van der Waals surface area contributed by atoms with E-state index in [-0.39, 0.29) is 43.7 Å². The summed E-state index contributed by atoms with van der Waals surface area (Å²) in [5.41, 5.74) is 0.106. The van der Waals surface area contributed by atoms with Gasteiger partial charge in [-0.2, -0.15) is 0 Å². The number of carbonyl (C=O) groups excluding carboxylic acids is 3. The molecule has 0 saturated carbocycles. The summed E-state index contributed by atoms with van der Waals surface area (Å²) in [6.45, 7) is 0.0990. The Bertz CT molecular complexity index is 838. The van der Waals surface area contributed by atoms with Crippen molar-refractivity contribution >= 4 is 27.6 Å². The summed E-state index contributed by atoms with van der Waals surface area (Å²) in [5.74, 6) is -3.07. The lowest BCUT2D eigenvalue weighted by atomic mass is 9.95. The molecular formula is C17H19FN2O5S. The molecule has 2 aliphatic rings. The first-order valence-electron chi connectivity index (χ1n) is 8.35. The Morgan fingerprint density at radius 2 is 1.77 bits per heavy atom. The first-order chi connectivity index (χ1) is 12.3. The van der Waals surface area contributed by atoms with E-state index in [4.69, 9.17) is 0 Å². The minimum absolute atomic E-state index is 0.0293. The molecule has 3 amide bonds. The Balaban J connectivity index is 1.78. The smallest absolute Gasteiger partial charge is 0.227 e. The van der Waals surface area contributed by atoms with Crippen LogP contribution in [-0.2, 0) is 24.2 Å². The summed E-state index contributed by atoms with van der Waals surface area (Å²) in [7, 11) is -3.63. The van der Waals surface area contributed by atoms with Crippen LogP contribution >= 0.6 is 0 Å². The number of rotatable bonds is 2. The van der Waals surface area contributed by atoms with E-state index in [1.165, 1.54) is 23.1 Å². The van der Waals surface area contributed by atoms with E-state index in [1.807, 2.05) is 0 Å². The molecule has 0 radical (unpaired) electrons. The number of amides is 3. The van der Waals surface area contributed by atoms with Crippen LogP contribution in [0.15, 0.2) is 24.3 Å². The second-order valence-electron chi connectivity index (χ2n) is 6.57. The summed E-state index contributed by atoms with van der Waals surface area (Å²) in [6, 6.07) is 5.72. The van der Waals surface area contributed by atoms with Crippen molar-refractivity contribution in [2.45, 2.75) is 24.5 Å². The number of nitrogens with one attached hydrogen (secondary N) is 1. The highest BCUT2D eigenvalue weighted by Crippen LogP contribution is 2.31. The van der Waals surface area contributed by atoms with Crippen molar-refractivity contribution in [2.24, 2.45) is 5.92 Å². The van der Waals surface area contributed by atoms with Crippen molar-refractivity contribution in [2.75, 3.05) is 18.8 Å². The molecule has 0 aliphatic carbocycles. The van der Waals surface area contributed by atoms with Crippen LogP contribution in [0.3, 0.4) is 0 Å². The van der Waals surface area contributed by atoms with Gasteiger partial charge in [-0.3, -0.25) is 19.7 Å². The quantitative estimate of drug-likeness (QED) is 0.754. The van der Waals surface area contributed by atoms with Gasteiger partial charge in [0.25, 0.3) is 0 Å². The average molecular weight is 382 g/mol. The topological polar surface area (TPSA) is 101 Å². The van der Waals surface area contributed by atoms with E-state index in [2.05, 4.69) is 5.32 Å². The van der Waals surface area contributed by atoms with Gasteiger partial charge in [0.05, 0.1) is 16.9 Å². The molecule has 1 aromatic carbocycles. The van der Waals surface area contributed by atoms with E-state index in [0.29, 0.717) is 0 Å². The molecular weight excluding hydrogens is 363 g/mol. The Morgan fingerprint density at radius 3 is 2.42 bits per heavy atom. The number of halogens is 1. The van der Waals surface area contributed by atoms with Crippen molar-refractivity contribution < 1.29 is 27.2 Å². The summed E-state index contributed by atoms with van der Waals surface area (Å²) < 4.78 is 39.2. The van der Waals surface area contributed by atoms with Crippen LogP contribution in [-0.4, -0.2) is 49.9 Å². The standard InChI is InChI=1S/C17H19FN2O5S/c18-13-4-2-1-3-12(13)14-5-6-20(7-8-26(14,24)25)17(23)11-9-15(21)19-16(22)10-11/h1-4,11,14H,5-10H2,(H,19,21,22)/t14-/m0/s1. The first-order valence-corrected chi connectivity index (χ1v) is 10.1. The highest BCUT2D eigenvalue weighted by atomic mass is 32.2. The number of carbonyl (C=O) groups is 3. The molecule has 1 atom stereocenters. The molecule has 2 saturated heterocycles. The van der Waals surface area contributed by atoms with Gasteiger partial charge in [-0.1, -0.05) is 18.2 Å². The van der Waals surface area contributed by atoms with Crippen LogP contribution in [0.5, 0.6) is 0 Å². The summed E-state index contributed by atoms with van der Waals surface area (Å²) in [4.78, 5) is 37.0. The second-order valence-corrected chi connectivity index (χ2v) is 8.87. The molecule has 0 aromatic heterocycles. The molecule has 2 aliphatic heterocycles. The third kappa shape index (κ3) is 3.77. The zero-order valence-corrected chi connectivity index (χ0v) is 14.8. The maximum Gasteiger partial charge on any atom is 0.227 e. The van der Waals surface area contributed by atoms with E-state index in [0.717, 1.165) is 0 Å². The molecule has 0 unspecified atom stereocenters. The molecule has 140 valence electrons. The lowest BCUT2D eigenvalue weighted by molar-refractivity contribution is -0.145. The predicted octanol–water partition coefficient (Wildman–Crippen LogP) is 0.567. The lowest BCUT2D eigenvalue weighted by Gasteiger charge is -2.27. The van der Waals surface area contributed by atoms with Gasteiger partial charge in [-0.05, 0) is 12.5 Å². The van der Waals surface area contributed by atoms with Crippen LogP contribution in [0.4, 0.5) is 4.39 Å². The van der Waals surface area contributed by atoms with Gasteiger partial charge in [0, 0.05) is 31.5 Å². The number of benzene rings is 1. The number of sulfone groups is 1. The minimum atomic E-state index is -3.63.